The van der Waals surface area contributed by atoms with E-state index in [1.165, 1.54) is 12.1 Å². The third-order valence-corrected chi connectivity index (χ3v) is 5.12. The summed E-state index contributed by atoms with van der Waals surface area (Å²) in [6.07, 6.45) is 3.59. The van der Waals surface area contributed by atoms with Crippen LogP contribution in [-0.4, -0.2) is 27.2 Å². The lowest BCUT2D eigenvalue weighted by atomic mass is 9.94. The average Bonchev–Trinajstić information content (AvgIpc) is 3.36. The first-order valence-corrected chi connectivity index (χ1v) is 8.45. The van der Waals surface area contributed by atoms with Gasteiger partial charge >= 0.3 is 0 Å². The van der Waals surface area contributed by atoms with Crippen LogP contribution in [0, 0.1) is 12.7 Å². The Morgan fingerprint density at radius 1 is 1.24 bits per heavy atom. The van der Waals surface area contributed by atoms with Gasteiger partial charge in [-0.2, -0.15) is 0 Å². The molecule has 0 spiro atoms. The topological polar surface area (TPSA) is 37.6 Å². The smallest absolute Gasteiger partial charge is 0.233 e. The van der Waals surface area contributed by atoms with Crippen molar-refractivity contribution in [3.05, 3.63) is 71.4 Å². The number of hydrogen-bond acceptors (Lipinski definition) is 2. The molecule has 0 bridgehead atoms. The fraction of sp³-hybridized carbons (Fsp3) is 0.300. The molecule has 128 valence electrons. The number of amides is 1. The zero-order valence-electron chi connectivity index (χ0n) is 14.4. The van der Waals surface area contributed by atoms with Crippen molar-refractivity contribution in [2.75, 3.05) is 7.05 Å². The normalized spacial score (nSPS) is 15.3. The lowest BCUT2D eigenvalue weighted by Gasteiger charge is -2.24. The van der Waals surface area contributed by atoms with Crippen LogP contribution in [0.15, 0.2) is 48.7 Å². The Labute approximate surface area is 145 Å². The quantitative estimate of drug-likeness (QED) is 0.731. The summed E-state index contributed by atoms with van der Waals surface area (Å²) >= 11 is 0. The second-order valence-corrected chi connectivity index (χ2v) is 6.82. The molecule has 2 heterocycles. The van der Waals surface area contributed by atoms with Crippen molar-refractivity contribution >= 4 is 11.6 Å². The number of hydrogen-bond donors (Lipinski definition) is 0. The van der Waals surface area contributed by atoms with Crippen LogP contribution in [0.25, 0.3) is 5.65 Å². The molecule has 2 aromatic heterocycles. The molecule has 0 atom stereocenters. The molecule has 4 rings (SSSR count). The van der Waals surface area contributed by atoms with Crippen molar-refractivity contribution < 1.29 is 9.18 Å². The van der Waals surface area contributed by atoms with Crippen molar-refractivity contribution in [3.63, 3.8) is 0 Å². The Balaban J connectivity index is 1.60. The van der Waals surface area contributed by atoms with E-state index >= 15 is 0 Å². The maximum absolute atomic E-state index is 13.2. The summed E-state index contributed by atoms with van der Waals surface area (Å²) in [5, 5.41) is 0. The number of carbonyl (C=O) groups is 1. The molecule has 0 saturated heterocycles. The minimum Gasteiger partial charge on any atom is -0.339 e. The predicted molar refractivity (Wildman–Crippen MR) is 93.7 cm³/mol. The molecule has 0 radical (unpaired) electrons. The van der Waals surface area contributed by atoms with Gasteiger partial charge in [-0.05, 0) is 49.6 Å². The van der Waals surface area contributed by atoms with Crippen molar-refractivity contribution in [1.82, 2.24) is 14.3 Å². The molecule has 1 aliphatic rings. The third-order valence-electron chi connectivity index (χ3n) is 5.12. The van der Waals surface area contributed by atoms with Crippen LogP contribution in [0.1, 0.15) is 29.8 Å². The lowest BCUT2D eigenvalue weighted by molar-refractivity contribution is -0.133. The monoisotopic (exact) mass is 337 g/mol. The molecule has 0 unspecified atom stereocenters. The first-order valence-electron chi connectivity index (χ1n) is 8.45. The van der Waals surface area contributed by atoms with Crippen molar-refractivity contribution in [2.45, 2.75) is 31.7 Å². The molecule has 1 fully saturated rings. The van der Waals surface area contributed by atoms with E-state index in [0.717, 1.165) is 35.4 Å². The molecule has 4 nitrogen and oxygen atoms in total. The minimum absolute atomic E-state index is 0.0874. The molecule has 3 aromatic rings. The van der Waals surface area contributed by atoms with E-state index < -0.39 is 5.41 Å². The molecule has 1 aliphatic carbocycles. The Morgan fingerprint density at radius 3 is 2.64 bits per heavy atom. The standard InChI is InChI=1S/C20H20FN3O/c1-14-17(24-12-4-3-5-18(24)22-14)13-23(2)19(25)20(10-11-20)15-6-8-16(21)9-7-15/h3-9,12H,10-11,13H2,1-2H3. The minimum atomic E-state index is -0.489. The van der Waals surface area contributed by atoms with E-state index in [1.807, 2.05) is 42.8 Å². The van der Waals surface area contributed by atoms with Gasteiger partial charge < -0.3 is 9.30 Å². The second kappa shape index (κ2) is 5.69. The number of aryl methyl sites for hydroxylation is 1. The summed E-state index contributed by atoms with van der Waals surface area (Å²) in [6.45, 7) is 2.46. The van der Waals surface area contributed by atoms with E-state index in [9.17, 15) is 9.18 Å². The Kier molecular flexibility index (Phi) is 3.60. The number of fused-ring (bicyclic) bond motifs is 1. The first-order chi connectivity index (χ1) is 12.0. The summed E-state index contributed by atoms with van der Waals surface area (Å²) in [4.78, 5) is 19.4. The van der Waals surface area contributed by atoms with Gasteiger partial charge in [-0.25, -0.2) is 9.37 Å². The number of rotatable bonds is 4. The van der Waals surface area contributed by atoms with Gasteiger partial charge in [0, 0.05) is 13.2 Å². The fourth-order valence-electron chi connectivity index (χ4n) is 3.54. The molecular weight excluding hydrogens is 317 g/mol. The van der Waals surface area contributed by atoms with Gasteiger partial charge in [-0.3, -0.25) is 4.79 Å². The van der Waals surface area contributed by atoms with Crippen LogP contribution >= 0.6 is 0 Å². The highest BCUT2D eigenvalue weighted by molar-refractivity contribution is 5.91. The summed E-state index contributed by atoms with van der Waals surface area (Å²) in [6, 6.07) is 12.2. The predicted octanol–water partition coefficient (Wildman–Crippen LogP) is 3.47. The maximum Gasteiger partial charge on any atom is 0.233 e. The van der Waals surface area contributed by atoms with Crippen molar-refractivity contribution in [2.24, 2.45) is 0 Å². The number of halogens is 1. The first kappa shape index (κ1) is 15.8. The number of nitrogens with zero attached hydrogens (tertiary/aromatic N) is 3. The number of carbonyl (C=O) groups excluding carboxylic acids is 1. The molecule has 0 aliphatic heterocycles. The van der Waals surface area contributed by atoms with E-state index in [0.29, 0.717) is 6.54 Å². The van der Waals surface area contributed by atoms with Crippen LogP contribution in [-0.2, 0) is 16.8 Å². The molecular formula is C20H20FN3O. The maximum atomic E-state index is 13.2. The zero-order chi connectivity index (χ0) is 17.6. The SMILES string of the molecule is Cc1nc2ccccn2c1CN(C)C(=O)C1(c2ccc(F)cc2)CC1. The fourth-order valence-corrected chi connectivity index (χ4v) is 3.54. The van der Waals surface area contributed by atoms with Gasteiger partial charge in [-0.1, -0.05) is 18.2 Å². The van der Waals surface area contributed by atoms with E-state index in [2.05, 4.69) is 4.98 Å². The van der Waals surface area contributed by atoms with E-state index in [-0.39, 0.29) is 11.7 Å². The van der Waals surface area contributed by atoms with Crippen LogP contribution in [0.3, 0.4) is 0 Å². The highest BCUT2D eigenvalue weighted by Crippen LogP contribution is 2.49. The highest BCUT2D eigenvalue weighted by atomic mass is 19.1. The van der Waals surface area contributed by atoms with Crippen molar-refractivity contribution in [3.8, 4) is 0 Å². The number of imidazole rings is 1. The summed E-state index contributed by atoms with van der Waals surface area (Å²) < 4.78 is 15.2. The molecule has 1 aromatic carbocycles. The van der Waals surface area contributed by atoms with E-state index in [4.69, 9.17) is 0 Å². The van der Waals surface area contributed by atoms with Crippen LogP contribution in [0.5, 0.6) is 0 Å². The average molecular weight is 337 g/mol. The van der Waals surface area contributed by atoms with Gasteiger partial charge in [0.05, 0.1) is 23.3 Å². The summed E-state index contributed by atoms with van der Waals surface area (Å²) in [5.74, 6) is -0.189. The number of likely N-dealkylation sites (N-methyl/N-ethyl adjacent to an activating group) is 1. The molecule has 25 heavy (non-hydrogen) atoms. The number of pyridine rings is 1. The Morgan fingerprint density at radius 2 is 1.96 bits per heavy atom. The van der Waals surface area contributed by atoms with Crippen molar-refractivity contribution in [1.29, 1.82) is 0 Å². The molecule has 1 saturated carbocycles. The molecule has 0 N–H and O–H groups in total. The van der Waals surface area contributed by atoms with Gasteiger partial charge in [0.1, 0.15) is 11.5 Å². The van der Waals surface area contributed by atoms with Crippen LogP contribution in [0.4, 0.5) is 4.39 Å². The zero-order valence-corrected chi connectivity index (χ0v) is 14.4. The van der Waals surface area contributed by atoms with Gasteiger partial charge in [-0.15, -0.1) is 0 Å². The molecule has 5 heteroatoms. The Hall–Kier alpha value is -2.69. The largest absolute Gasteiger partial charge is 0.339 e. The van der Waals surface area contributed by atoms with Gasteiger partial charge in [0.15, 0.2) is 0 Å². The van der Waals surface area contributed by atoms with Crippen LogP contribution in [0.2, 0.25) is 0 Å². The number of aromatic nitrogens is 2. The molecule has 1 amide bonds. The lowest BCUT2D eigenvalue weighted by Crippen LogP contribution is -2.36. The Bertz CT molecular complexity index is 941. The second-order valence-electron chi connectivity index (χ2n) is 6.82. The van der Waals surface area contributed by atoms with Crippen LogP contribution < -0.4 is 0 Å². The van der Waals surface area contributed by atoms with Gasteiger partial charge in [0.2, 0.25) is 5.91 Å². The summed E-state index contributed by atoms with van der Waals surface area (Å²) in [7, 11) is 1.83. The third kappa shape index (κ3) is 2.60. The number of benzene rings is 1. The van der Waals surface area contributed by atoms with Gasteiger partial charge in [0.25, 0.3) is 0 Å². The van der Waals surface area contributed by atoms with E-state index in [1.54, 1.807) is 17.0 Å². The highest BCUT2D eigenvalue weighted by Gasteiger charge is 2.52. The summed E-state index contributed by atoms with van der Waals surface area (Å²) in [5.41, 5.74) is 3.24.